The third-order valence-electron chi connectivity index (χ3n) is 4.25. The molecule has 0 aromatic rings. The van der Waals surface area contributed by atoms with Crippen LogP contribution in [0.15, 0.2) is 11.6 Å². The quantitative estimate of drug-likeness (QED) is 0.346. The van der Waals surface area contributed by atoms with E-state index in [4.69, 9.17) is 5.11 Å². The van der Waals surface area contributed by atoms with Gasteiger partial charge in [0, 0.05) is 6.42 Å². The maximum Gasteiger partial charge on any atom is 0.303 e. The van der Waals surface area contributed by atoms with Gasteiger partial charge in [-0.15, -0.1) is 0 Å². The van der Waals surface area contributed by atoms with Crippen LogP contribution in [0.2, 0.25) is 0 Å². The van der Waals surface area contributed by atoms with Crippen LogP contribution in [0.1, 0.15) is 90.4 Å². The maximum atomic E-state index is 10.4. The normalized spacial score (nSPS) is 19.4. The van der Waals surface area contributed by atoms with Crippen LogP contribution in [-0.2, 0) is 4.79 Å². The number of hydrogen-bond donors (Lipinski definition) is 1. The summed E-state index contributed by atoms with van der Waals surface area (Å²) in [5.41, 5.74) is 1.68. The number of carboxylic acid groups (broad SMARTS) is 1. The summed E-state index contributed by atoms with van der Waals surface area (Å²) in [5.74, 6) is 0.241. The lowest BCUT2D eigenvalue weighted by Gasteiger charge is -1.99. The molecular weight excluding hydrogens is 248 g/mol. The van der Waals surface area contributed by atoms with Crippen molar-refractivity contribution in [3.05, 3.63) is 11.6 Å². The Labute approximate surface area is 124 Å². The van der Waals surface area contributed by atoms with Gasteiger partial charge in [-0.1, -0.05) is 63.5 Å². The molecule has 1 N–H and O–H groups in total. The Balaban J connectivity index is 1.87. The van der Waals surface area contributed by atoms with Crippen LogP contribution < -0.4 is 0 Å². The Bertz CT molecular complexity index is 294. The number of carbonyl (C=O) groups is 1. The third kappa shape index (κ3) is 9.17. The predicted molar refractivity (Wildman–Crippen MR) is 84.9 cm³/mol. The van der Waals surface area contributed by atoms with Gasteiger partial charge in [0.15, 0.2) is 0 Å². The molecule has 0 radical (unpaired) electrons. The van der Waals surface area contributed by atoms with Gasteiger partial charge in [0.05, 0.1) is 0 Å². The highest BCUT2D eigenvalue weighted by Crippen LogP contribution is 2.42. The highest BCUT2D eigenvalue weighted by Gasteiger charge is 2.27. The molecule has 0 aromatic heterocycles. The van der Waals surface area contributed by atoms with Gasteiger partial charge in [0.2, 0.25) is 0 Å². The Morgan fingerprint density at radius 1 is 1.10 bits per heavy atom. The first kappa shape index (κ1) is 17.3. The fourth-order valence-electron chi connectivity index (χ4n) is 2.82. The van der Waals surface area contributed by atoms with E-state index in [0.29, 0.717) is 6.42 Å². The first-order valence-electron chi connectivity index (χ1n) is 8.64. The van der Waals surface area contributed by atoms with Gasteiger partial charge in [-0.05, 0) is 38.0 Å². The lowest BCUT2D eigenvalue weighted by Crippen LogP contribution is -1.93. The number of carboxylic acids is 1. The van der Waals surface area contributed by atoms with Crippen molar-refractivity contribution < 1.29 is 9.90 Å². The molecule has 0 amide bonds. The smallest absolute Gasteiger partial charge is 0.303 e. The van der Waals surface area contributed by atoms with E-state index < -0.39 is 5.97 Å². The van der Waals surface area contributed by atoms with E-state index in [-0.39, 0.29) is 0 Å². The summed E-state index contributed by atoms with van der Waals surface area (Å²) < 4.78 is 0. The fraction of sp³-hybridized carbons (Fsp3) is 0.833. The van der Waals surface area contributed by atoms with Crippen LogP contribution >= 0.6 is 0 Å². The van der Waals surface area contributed by atoms with Crippen molar-refractivity contribution in [2.75, 3.05) is 0 Å². The van der Waals surface area contributed by atoms with Crippen molar-refractivity contribution in [3.8, 4) is 0 Å². The van der Waals surface area contributed by atoms with Gasteiger partial charge in [0.1, 0.15) is 0 Å². The van der Waals surface area contributed by atoms with Crippen LogP contribution in [0.5, 0.6) is 0 Å². The molecule has 1 saturated carbocycles. The van der Waals surface area contributed by atoms with Crippen LogP contribution in [0.4, 0.5) is 0 Å². The zero-order chi connectivity index (χ0) is 14.6. The van der Waals surface area contributed by atoms with Gasteiger partial charge in [0.25, 0.3) is 0 Å². The summed E-state index contributed by atoms with van der Waals surface area (Å²) >= 11 is 0. The summed E-state index contributed by atoms with van der Waals surface area (Å²) in [5, 5.41) is 8.54. The minimum absolute atomic E-state index is 0.331. The maximum absolute atomic E-state index is 10.4. The minimum atomic E-state index is -0.662. The molecule has 2 heteroatoms. The topological polar surface area (TPSA) is 37.3 Å². The Morgan fingerprint density at radius 2 is 1.80 bits per heavy atom. The van der Waals surface area contributed by atoms with E-state index >= 15 is 0 Å². The Hall–Kier alpha value is -0.790. The summed E-state index contributed by atoms with van der Waals surface area (Å²) in [6, 6.07) is 0. The molecule has 0 spiro atoms. The summed E-state index contributed by atoms with van der Waals surface area (Å²) in [7, 11) is 0. The number of hydrogen-bond acceptors (Lipinski definition) is 1. The van der Waals surface area contributed by atoms with Gasteiger partial charge >= 0.3 is 5.97 Å². The van der Waals surface area contributed by atoms with E-state index in [0.717, 1.165) is 31.6 Å². The minimum Gasteiger partial charge on any atom is -0.481 e. The van der Waals surface area contributed by atoms with E-state index in [1.165, 1.54) is 51.4 Å². The molecule has 0 aliphatic heterocycles. The fourth-order valence-corrected chi connectivity index (χ4v) is 2.82. The summed E-state index contributed by atoms with van der Waals surface area (Å²) in [6.07, 6.45) is 18.1. The number of unbranched alkanes of at least 4 members (excludes halogenated alkanes) is 8. The number of allylic oxidation sites excluding steroid dienone is 2. The summed E-state index contributed by atoms with van der Waals surface area (Å²) in [6.45, 7) is 2.27. The highest BCUT2D eigenvalue weighted by molar-refractivity contribution is 5.66. The lowest BCUT2D eigenvalue weighted by atomic mass is 10.1. The van der Waals surface area contributed by atoms with Crippen LogP contribution in [0, 0.1) is 5.92 Å². The molecule has 2 nitrogen and oxygen atoms in total. The SMILES string of the molecule is CCCCCCCC[C@H]1C/C1=C\CCCCCC(=O)O. The van der Waals surface area contributed by atoms with Gasteiger partial charge in [-0.3, -0.25) is 4.79 Å². The van der Waals surface area contributed by atoms with Crippen molar-refractivity contribution in [2.45, 2.75) is 90.4 Å². The molecule has 0 heterocycles. The second-order valence-corrected chi connectivity index (χ2v) is 6.23. The number of rotatable bonds is 13. The van der Waals surface area contributed by atoms with Crippen molar-refractivity contribution in [1.29, 1.82) is 0 Å². The van der Waals surface area contributed by atoms with Gasteiger partial charge in [-0.25, -0.2) is 0 Å². The number of aliphatic carboxylic acids is 1. The Morgan fingerprint density at radius 3 is 2.55 bits per heavy atom. The first-order chi connectivity index (χ1) is 9.74. The second-order valence-electron chi connectivity index (χ2n) is 6.23. The van der Waals surface area contributed by atoms with E-state index in [9.17, 15) is 4.79 Å². The molecule has 1 rings (SSSR count). The van der Waals surface area contributed by atoms with Crippen LogP contribution in [0.3, 0.4) is 0 Å². The van der Waals surface area contributed by atoms with Crippen molar-refractivity contribution >= 4 is 5.97 Å². The van der Waals surface area contributed by atoms with Crippen LogP contribution in [-0.4, -0.2) is 11.1 Å². The lowest BCUT2D eigenvalue weighted by molar-refractivity contribution is -0.137. The van der Waals surface area contributed by atoms with E-state index in [1.54, 1.807) is 5.57 Å². The largest absolute Gasteiger partial charge is 0.481 e. The predicted octanol–water partition coefficient (Wildman–Crippen LogP) is 5.72. The molecule has 0 bridgehead atoms. The standard InChI is InChI=1S/C18H32O2/c1-2-3-4-5-6-9-12-16-15-17(16)13-10-7-8-11-14-18(19)20/h13,16H,2-12,14-15H2,1H3,(H,19,20)/b17-13+/t16-/m0/s1. The molecule has 0 aromatic carbocycles. The molecule has 116 valence electrons. The molecular formula is C18H32O2. The van der Waals surface area contributed by atoms with Gasteiger partial charge < -0.3 is 5.11 Å². The molecule has 1 aliphatic rings. The van der Waals surface area contributed by atoms with Gasteiger partial charge in [-0.2, -0.15) is 0 Å². The second kappa shape index (κ2) is 10.9. The monoisotopic (exact) mass is 280 g/mol. The third-order valence-corrected chi connectivity index (χ3v) is 4.25. The zero-order valence-electron chi connectivity index (χ0n) is 13.2. The zero-order valence-corrected chi connectivity index (χ0v) is 13.2. The molecule has 1 fully saturated rings. The van der Waals surface area contributed by atoms with Crippen molar-refractivity contribution in [3.63, 3.8) is 0 Å². The summed E-state index contributed by atoms with van der Waals surface area (Å²) in [4.78, 5) is 10.4. The Kier molecular flexibility index (Phi) is 9.44. The van der Waals surface area contributed by atoms with E-state index in [2.05, 4.69) is 13.0 Å². The average Bonchev–Trinajstić information content (AvgIpc) is 3.16. The first-order valence-corrected chi connectivity index (χ1v) is 8.64. The van der Waals surface area contributed by atoms with E-state index in [1.807, 2.05) is 0 Å². The van der Waals surface area contributed by atoms with Crippen LogP contribution in [0.25, 0.3) is 0 Å². The van der Waals surface area contributed by atoms with Crippen molar-refractivity contribution in [2.24, 2.45) is 5.92 Å². The molecule has 0 unspecified atom stereocenters. The molecule has 1 aliphatic carbocycles. The average molecular weight is 280 g/mol. The molecule has 20 heavy (non-hydrogen) atoms. The molecule has 1 atom stereocenters. The van der Waals surface area contributed by atoms with Crippen molar-refractivity contribution in [1.82, 2.24) is 0 Å². The molecule has 0 saturated heterocycles. The highest BCUT2D eigenvalue weighted by atomic mass is 16.4.